The summed E-state index contributed by atoms with van der Waals surface area (Å²) < 4.78 is 0. The SMILES string of the molecule is CCCCCCCCCC(CC)(CC)C(N)(CC)C(N)=O. The number of unbranched alkanes of at least 4 members (excludes halogenated alkanes) is 6. The third kappa shape index (κ3) is 5.28. The summed E-state index contributed by atoms with van der Waals surface area (Å²) in [6, 6.07) is 0. The summed E-state index contributed by atoms with van der Waals surface area (Å²) in [5, 5.41) is 0. The van der Waals surface area contributed by atoms with Crippen LogP contribution < -0.4 is 11.5 Å². The van der Waals surface area contributed by atoms with E-state index < -0.39 is 5.54 Å². The van der Waals surface area contributed by atoms with Crippen molar-refractivity contribution >= 4 is 5.91 Å². The van der Waals surface area contributed by atoms with Crippen LogP contribution >= 0.6 is 0 Å². The number of primary amides is 1. The highest BCUT2D eigenvalue weighted by atomic mass is 16.1. The molecule has 0 aromatic carbocycles. The Bertz CT molecular complexity index is 287. The first-order valence-electron chi connectivity index (χ1n) is 9.02. The number of nitrogens with two attached hydrogens (primary N) is 2. The maximum Gasteiger partial charge on any atom is 0.238 e. The van der Waals surface area contributed by atoms with E-state index in [1.165, 1.54) is 38.5 Å². The number of amides is 1. The quantitative estimate of drug-likeness (QED) is 0.491. The minimum Gasteiger partial charge on any atom is -0.368 e. The van der Waals surface area contributed by atoms with Crippen LogP contribution in [0, 0.1) is 5.41 Å². The average molecular weight is 299 g/mol. The van der Waals surface area contributed by atoms with Crippen molar-refractivity contribution in [2.24, 2.45) is 16.9 Å². The van der Waals surface area contributed by atoms with Crippen molar-refractivity contribution < 1.29 is 4.79 Å². The predicted molar refractivity (Wildman–Crippen MR) is 92.0 cm³/mol. The van der Waals surface area contributed by atoms with Gasteiger partial charge in [-0.05, 0) is 31.1 Å². The Hall–Kier alpha value is -0.570. The van der Waals surface area contributed by atoms with Crippen molar-refractivity contribution in [3.63, 3.8) is 0 Å². The summed E-state index contributed by atoms with van der Waals surface area (Å²) in [5.41, 5.74) is 11.1. The zero-order valence-electron chi connectivity index (χ0n) is 14.8. The van der Waals surface area contributed by atoms with Gasteiger partial charge in [0.15, 0.2) is 0 Å². The minimum atomic E-state index is -0.862. The molecule has 0 aliphatic carbocycles. The molecule has 0 aromatic heterocycles. The average Bonchev–Trinajstić information content (AvgIpc) is 2.49. The van der Waals surface area contributed by atoms with Gasteiger partial charge in [0, 0.05) is 0 Å². The van der Waals surface area contributed by atoms with E-state index in [2.05, 4.69) is 20.8 Å². The monoisotopic (exact) mass is 298 g/mol. The van der Waals surface area contributed by atoms with Gasteiger partial charge in [-0.25, -0.2) is 0 Å². The Morgan fingerprint density at radius 1 is 0.810 bits per heavy atom. The third-order valence-corrected chi connectivity index (χ3v) is 5.56. The van der Waals surface area contributed by atoms with Crippen LogP contribution in [0.4, 0.5) is 0 Å². The van der Waals surface area contributed by atoms with Crippen LogP contribution in [0.2, 0.25) is 0 Å². The van der Waals surface area contributed by atoms with Gasteiger partial charge >= 0.3 is 0 Å². The zero-order chi connectivity index (χ0) is 16.4. The molecule has 0 aliphatic heterocycles. The van der Waals surface area contributed by atoms with Gasteiger partial charge in [0.05, 0.1) is 0 Å². The standard InChI is InChI=1S/C18H38N2O/c1-5-9-10-11-12-13-14-15-17(6-2,7-3)18(20,8-4)16(19)21/h5-15,20H2,1-4H3,(H2,19,21). The Balaban J connectivity index is 4.51. The number of carbonyl (C=O) groups is 1. The molecule has 0 aromatic rings. The van der Waals surface area contributed by atoms with Gasteiger partial charge in [0.25, 0.3) is 0 Å². The van der Waals surface area contributed by atoms with Crippen LogP contribution in [0.3, 0.4) is 0 Å². The van der Waals surface area contributed by atoms with E-state index in [0.29, 0.717) is 6.42 Å². The first-order valence-corrected chi connectivity index (χ1v) is 9.02. The summed E-state index contributed by atoms with van der Waals surface area (Å²) >= 11 is 0. The second kappa shape index (κ2) is 10.2. The van der Waals surface area contributed by atoms with Crippen molar-refractivity contribution in [3.8, 4) is 0 Å². The van der Waals surface area contributed by atoms with Gasteiger partial charge in [-0.15, -0.1) is 0 Å². The Labute approximate surface area is 132 Å². The summed E-state index contributed by atoms with van der Waals surface area (Å²) in [5.74, 6) is -0.336. The Morgan fingerprint density at radius 2 is 1.29 bits per heavy atom. The summed E-state index contributed by atoms with van der Waals surface area (Å²) in [6.45, 7) is 8.51. The highest BCUT2D eigenvalue weighted by Gasteiger charge is 2.48. The highest BCUT2D eigenvalue weighted by molar-refractivity contribution is 5.85. The van der Waals surface area contributed by atoms with Crippen molar-refractivity contribution in [2.75, 3.05) is 0 Å². The molecular formula is C18H38N2O. The smallest absolute Gasteiger partial charge is 0.238 e. The lowest BCUT2D eigenvalue weighted by Crippen LogP contribution is -2.63. The van der Waals surface area contributed by atoms with Crippen molar-refractivity contribution in [1.82, 2.24) is 0 Å². The maximum atomic E-state index is 11.9. The molecule has 0 saturated heterocycles. The molecule has 0 radical (unpaired) electrons. The Kier molecular flexibility index (Phi) is 9.93. The van der Waals surface area contributed by atoms with E-state index in [1.807, 2.05) is 6.92 Å². The highest BCUT2D eigenvalue weighted by Crippen LogP contribution is 2.43. The molecule has 0 rings (SSSR count). The molecule has 0 heterocycles. The van der Waals surface area contributed by atoms with Crippen LogP contribution in [-0.4, -0.2) is 11.4 Å². The predicted octanol–water partition coefficient (Wildman–Crippen LogP) is 4.53. The molecule has 21 heavy (non-hydrogen) atoms. The largest absolute Gasteiger partial charge is 0.368 e. The maximum absolute atomic E-state index is 11.9. The van der Waals surface area contributed by atoms with Crippen LogP contribution in [0.1, 0.15) is 98.3 Å². The topological polar surface area (TPSA) is 69.1 Å². The third-order valence-electron chi connectivity index (χ3n) is 5.56. The molecule has 3 heteroatoms. The lowest BCUT2D eigenvalue weighted by molar-refractivity contribution is -0.129. The second-order valence-corrected chi connectivity index (χ2v) is 6.55. The molecule has 126 valence electrons. The van der Waals surface area contributed by atoms with Crippen molar-refractivity contribution in [2.45, 2.75) is 104 Å². The van der Waals surface area contributed by atoms with Gasteiger partial charge < -0.3 is 11.5 Å². The van der Waals surface area contributed by atoms with Crippen LogP contribution in [-0.2, 0) is 4.79 Å². The Morgan fingerprint density at radius 3 is 1.67 bits per heavy atom. The first-order chi connectivity index (χ1) is 9.94. The number of hydrogen-bond donors (Lipinski definition) is 2. The van der Waals surface area contributed by atoms with E-state index in [1.54, 1.807) is 0 Å². The molecule has 4 N–H and O–H groups in total. The second-order valence-electron chi connectivity index (χ2n) is 6.55. The molecule has 0 bridgehead atoms. The van der Waals surface area contributed by atoms with Gasteiger partial charge in [-0.1, -0.05) is 72.6 Å². The molecule has 3 nitrogen and oxygen atoms in total. The van der Waals surface area contributed by atoms with Gasteiger partial charge in [0.1, 0.15) is 5.54 Å². The zero-order valence-corrected chi connectivity index (χ0v) is 14.8. The van der Waals surface area contributed by atoms with Gasteiger partial charge in [-0.3, -0.25) is 4.79 Å². The molecule has 0 spiro atoms. The van der Waals surface area contributed by atoms with Crippen LogP contribution in [0.5, 0.6) is 0 Å². The van der Waals surface area contributed by atoms with Crippen molar-refractivity contribution in [3.05, 3.63) is 0 Å². The molecule has 0 saturated carbocycles. The van der Waals surface area contributed by atoms with Crippen molar-refractivity contribution in [1.29, 1.82) is 0 Å². The summed E-state index contributed by atoms with van der Waals surface area (Å²) in [7, 11) is 0. The van der Waals surface area contributed by atoms with E-state index in [9.17, 15) is 4.79 Å². The van der Waals surface area contributed by atoms with E-state index in [4.69, 9.17) is 11.5 Å². The molecule has 1 amide bonds. The number of hydrogen-bond acceptors (Lipinski definition) is 2. The summed E-state index contributed by atoms with van der Waals surface area (Å²) in [6.07, 6.45) is 12.5. The number of carbonyl (C=O) groups excluding carboxylic acids is 1. The van der Waals surface area contributed by atoms with Gasteiger partial charge in [0.2, 0.25) is 5.91 Å². The van der Waals surface area contributed by atoms with E-state index >= 15 is 0 Å². The van der Waals surface area contributed by atoms with Crippen LogP contribution in [0.25, 0.3) is 0 Å². The first kappa shape index (κ1) is 20.4. The lowest BCUT2D eigenvalue weighted by Gasteiger charge is -2.46. The molecule has 0 aliphatic rings. The molecule has 1 atom stereocenters. The fourth-order valence-corrected chi connectivity index (χ4v) is 3.69. The van der Waals surface area contributed by atoms with E-state index in [-0.39, 0.29) is 11.3 Å². The lowest BCUT2D eigenvalue weighted by atomic mass is 9.62. The van der Waals surface area contributed by atoms with E-state index in [0.717, 1.165) is 25.7 Å². The fraction of sp³-hybridized carbons (Fsp3) is 0.944. The molecular weight excluding hydrogens is 260 g/mol. The fourth-order valence-electron chi connectivity index (χ4n) is 3.69. The number of rotatable bonds is 13. The van der Waals surface area contributed by atoms with Gasteiger partial charge in [-0.2, -0.15) is 0 Å². The molecule has 0 fully saturated rings. The summed E-state index contributed by atoms with van der Waals surface area (Å²) in [4.78, 5) is 11.9. The minimum absolute atomic E-state index is 0.142. The van der Waals surface area contributed by atoms with Crippen LogP contribution in [0.15, 0.2) is 0 Å². The normalized spacial score (nSPS) is 14.9. The molecule has 1 unspecified atom stereocenters.